The Morgan fingerprint density at radius 1 is 1.15 bits per heavy atom. The van der Waals surface area contributed by atoms with Crippen molar-refractivity contribution in [1.29, 1.82) is 0 Å². The van der Waals surface area contributed by atoms with E-state index in [0.29, 0.717) is 11.4 Å². The van der Waals surface area contributed by atoms with E-state index in [1.165, 1.54) is 18.2 Å². The summed E-state index contributed by atoms with van der Waals surface area (Å²) >= 11 is 0. The van der Waals surface area contributed by atoms with Crippen molar-refractivity contribution in [2.45, 2.75) is 39.2 Å². The summed E-state index contributed by atoms with van der Waals surface area (Å²) in [5.74, 6) is -0.490. The molecule has 138 valence electrons. The molecule has 1 fully saturated rings. The summed E-state index contributed by atoms with van der Waals surface area (Å²) in [6.07, 6.45) is 3.25. The first-order valence-electron chi connectivity index (χ1n) is 8.96. The number of pyridine rings is 1. The van der Waals surface area contributed by atoms with Gasteiger partial charge in [0.25, 0.3) is 0 Å². The van der Waals surface area contributed by atoms with Gasteiger partial charge >= 0.3 is 0 Å². The smallest absolute Gasteiger partial charge is 0.248 e. The number of likely N-dealkylation sites (tertiary alicyclic amines) is 1. The molecule has 1 unspecified atom stereocenters. The number of rotatable bonds is 4. The molecule has 1 amide bonds. The maximum Gasteiger partial charge on any atom is 0.248 e. The van der Waals surface area contributed by atoms with Crippen LogP contribution in [-0.4, -0.2) is 28.9 Å². The third kappa shape index (κ3) is 4.02. The molecule has 26 heavy (non-hydrogen) atoms. The van der Waals surface area contributed by atoms with E-state index < -0.39 is 6.04 Å². The molecule has 6 heteroatoms. The second-order valence-corrected chi connectivity index (χ2v) is 6.86. The van der Waals surface area contributed by atoms with Crippen LogP contribution in [0.4, 0.5) is 10.1 Å². The Morgan fingerprint density at radius 3 is 2.42 bits per heavy atom. The van der Waals surface area contributed by atoms with Crippen molar-refractivity contribution < 1.29 is 9.18 Å². The van der Waals surface area contributed by atoms with Gasteiger partial charge < -0.3 is 10.3 Å². The Hall–Kier alpha value is -2.47. The van der Waals surface area contributed by atoms with Crippen molar-refractivity contribution in [2.75, 3.05) is 18.4 Å². The maximum atomic E-state index is 13.3. The normalized spacial score (nSPS) is 16.3. The van der Waals surface area contributed by atoms with Crippen LogP contribution < -0.4 is 10.9 Å². The van der Waals surface area contributed by atoms with Gasteiger partial charge in [0.05, 0.1) is 5.69 Å². The molecule has 1 saturated heterocycles. The van der Waals surface area contributed by atoms with Gasteiger partial charge in [0.1, 0.15) is 11.9 Å². The van der Waals surface area contributed by atoms with Crippen LogP contribution in [0.1, 0.15) is 42.1 Å². The lowest BCUT2D eigenvalue weighted by Crippen LogP contribution is -2.40. The van der Waals surface area contributed by atoms with E-state index in [1.54, 1.807) is 26.0 Å². The van der Waals surface area contributed by atoms with Crippen LogP contribution in [0.2, 0.25) is 0 Å². The minimum atomic E-state index is -0.485. The lowest BCUT2D eigenvalue weighted by molar-refractivity contribution is -0.122. The zero-order valence-electron chi connectivity index (χ0n) is 15.1. The molecule has 1 atom stereocenters. The number of aryl methyl sites for hydroxylation is 2. The highest BCUT2D eigenvalue weighted by Crippen LogP contribution is 2.27. The number of hydrogen-bond acceptors (Lipinski definition) is 3. The molecular formula is C20H24FN3O2. The number of amides is 1. The van der Waals surface area contributed by atoms with Crippen LogP contribution >= 0.6 is 0 Å². The topological polar surface area (TPSA) is 65.2 Å². The van der Waals surface area contributed by atoms with Crippen LogP contribution in [-0.2, 0) is 4.79 Å². The Bertz CT molecular complexity index is 813. The van der Waals surface area contributed by atoms with E-state index in [1.807, 2.05) is 0 Å². The Morgan fingerprint density at radius 2 is 1.81 bits per heavy atom. The van der Waals surface area contributed by atoms with E-state index in [4.69, 9.17) is 0 Å². The second kappa shape index (κ2) is 7.83. The minimum absolute atomic E-state index is 0.170. The highest BCUT2D eigenvalue weighted by molar-refractivity contribution is 5.96. The molecule has 1 aromatic carbocycles. The monoisotopic (exact) mass is 357 g/mol. The number of anilines is 1. The lowest BCUT2D eigenvalue weighted by Gasteiger charge is -2.34. The Kier molecular flexibility index (Phi) is 5.52. The number of carbonyl (C=O) groups excluding carboxylic acids is 1. The summed E-state index contributed by atoms with van der Waals surface area (Å²) in [6.45, 7) is 5.22. The van der Waals surface area contributed by atoms with Crippen molar-refractivity contribution >= 4 is 11.6 Å². The molecule has 0 spiro atoms. The number of carbonyl (C=O) groups is 1. The van der Waals surface area contributed by atoms with Gasteiger partial charge in [-0.05, 0) is 63.0 Å². The third-order valence-electron chi connectivity index (χ3n) is 4.87. The minimum Gasteiger partial charge on any atom is -0.324 e. The number of benzene rings is 1. The predicted molar refractivity (Wildman–Crippen MR) is 99.7 cm³/mol. The molecule has 5 nitrogen and oxygen atoms in total. The molecule has 2 aromatic rings. The molecule has 0 aliphatic carbocycles. The van der Waals surface area contributed by atoms with Crippen molar-refractivity contribution in [3.05, 3.63) is 63.3 Å². The molecule has 0 radical (unpaired) electrons. The van der Waals surface area contributed by atoms with Crippen LogP contribution in [0.25, 0.3) is 0 Å². The fraction of sp³-hybridized carbons (Fsp3) is 0.400. The van der Waals surface area contributed by atoms with Crippen molar-refractivity contribution in [1.82, 2.24) is 9.88 Å². The van der Waals surface area contributed by atoms with Gasteiger partial charge in [-0.2, -0.15) is 0 Å². The quantitative estimate of drug-likeness (QED) is 0.882. The van der Waals surface area contributed by atoms with Crippen LogP contribution in [0.3, 0.4) is 0 Å². The van der Waals surface area contributed by atoms with Crippen molar-refractivity contribution in [3.8, 4) is 0 Å². The number of hydrogen-bond donors (Lipinski definition) is 2. The fourth-order valence-electron chi connectivity index (χ4n) is 3.58. The number of nitrogens with zero attached hydrogens (tertiary/aromatic N) is 1. The molecule has 1 aliphatic heterocycles. The predicted octanol–water partition coefficient (Wildman–Crippen LogP) is 3.30. The fourth-order valence-corrected chi connectivity index (χ4v) is 3.58. The van der Waals surface area contributed by atoms with Crippen LogP contribution in [0.15, 0.2) is 35.1 Å². The molecule has 2 N–H and O–H groups in total. The lowest BCUT2D eigenvalue weighted by atomic mass is 10.0. The summed E-state index contributed by atoms with van der Waals surface area (Å²) in [7, 11) is 0. The first-order chi connectivity index (χ1) is 12.5. The van der Waals surface area contributed by atoms with E-state index in [2.05, 4.69) is 15.2 Å². The van der Waals surface area contributed by atoms with Crippen LogP contribution in [0.5, 0.6) is 0 Å². The number of nitrogens with one attached hydrogen (secondary N) is 2. The van der Waals surface area contributed by atoms with E-state index in [0.717, 1.165) is 43.5 Å². The number of halogens is 1. The van der Waals surface area contributed by atoms with Gasteiger partial charge in [0.2, 0.25) is 11.5 Å². The van der Waals surface area contributed by atoms with E-state index in [-0.39, 0.29) is 17.3 Å². The summed E-state index contributed by atoms with van der Waals surface area (Å²) in [5, 5.41) is 2.97. The number of aromatic nitrogens is 1. The average Bonchev–Trinajstić information content (AvgIpc) is 2.61. The number of H-pyrrole nitrogens is 1. The van der Waals surface area contributed by atoms with Gasteiger partial charge in [-0.1, -0.05) is 18.6 Å². The average molecular weight is 357 g/mol. The molecule has 1 aliphatic rings. The third-order valence-corrected chi connectivity index (χ3v) is 4.87. The SMILES string of the molecule is Cc1cc(=O)[nH]c(C)c1NC(=O)C(c1ccc(F)cc1)N1CCCCC1. The van der Waals surface area contributed by atoms with Gasteiger partial charge in [-0.15, -0.1) is 0 Å². The molecule has 2 heterocycles. The molecule has 0 saturated carbocycles. The highest BCUT2D eigenvalue weighted by atomic mass is 19.1. The van der Waals surface area contributed by atoms with Crippen LogP contribution in [0, 0.1) is 19.7 Å². The molecule has 1 aromatic heterocycles. The van der Waals surface area contributed by atoms with Crippen molar-refractivity contribution in [2.24, 2.45) is 0 Å². The van der Waals surface area contributed by atoms with Crippen molar-refractivity contribution in [3.63, 3.8) is 0 Å². The largest absolute Gasteiger partial charge is 0.324 e. The number of aromatic amines is 1. The Labute approximate surface area is 152 Å². The zero-order chi connectivity index (χ0) is 18.7. The molecule has 0 bridgehead atoms. The van der Waals surface area contributed by atoms with E-state index in [9.17, 15) is 14.0 Å². The van der Waals surface area contributed by atoms with Gasteiger partial charge in [0, 0.05) is 11.8 Å². The first-order valence-corrected chi connectivity index (χ1v) is 8.96. The number of piperidine rings is 1. The van der Waals surface area contributed by atoms with Gasteiger partial charge in [-0.3, -0.25) is 14.5 Å². The molecular weight excluding hydrogens is 333 g/mol. The van der Waals surface area contributed by atoms with Gasteiger partial charge in [-0.25, -0.2) is 4.39 Å². The standard InChI is InChI=1S/C20H24FN3O2/c1-13-12-17(25)22-14(2)18(13)23-20(26)19(24-10-4-3-5-11-24)15-6-8-16(21)9-7-15/h6-9,12,19H,3-5,10-11H2,1-2H3,(H,22,25)(H,23,26). The van der Waals surface area contributed by atoms with E-state index >= 15 is 0 Å². The maximum absolute atomic E-state index is 13.3. The summed E-state index contributed by atoms with van der Waals surface area (Å²) in [4.78, 5) is 29.6. The summed E-state index contributed by atoms with van der Waals surface area (Å²) < 4.78 is 13.3. The first kappa shape index (κ1) is 18.3. The second-order valence-electron chi connectivity index (χ2n) is 6.86. The summed E-state index contributed by atoms with van der Waals surface area (Å²) in [6, 6.07) is 7.09. The Balaban J connectivity index is 1.92. The molecule has 3 rings (SSSR count). The summed E-state index contributed by atoms with van der Waals surface area (Å²) in [5.41, 5.74) is 2.55. The highest BCUT2D eigenvalue weighted by Gasteiger charge is 2.29. The zero-order valence-corrected chi connectivity index (χ0v) is 15.1. The van der Waals surface area contributed by atoms with Gasteiger partial charge in [0.15, 0.2) is 0 Å².